The van der Waals surface area contributed by atoms with Gasteiger partial charge in [0, 0.05) is 39.4 Å². The first-order chi connectivity index (χ1) is 10.3. The van der Waals surface area contributed by atoms with Crippen LogP contribution in [0.1, 0.15) is 19.8 Å². The molecule has 144 valence electrons. The number of piperazine rings is 1. The fourth-order valence-corrected chi connectivity index (χ4v) is 3.02. The van der Waals surface area contributed by atoms with Crippen LogP contribution in [0.4, 0.5) is 13.2 Å². The molecule has 0 aliphatic carbocycles. The standard InChI is InChI=1S/C14H24F3N3O2.2ClH/c1-10(14(15,16)17)19-4-6-20(7-5-19)13(21)12(18)11-2-8-22-9-3-11;;/h10-12H,2-9,18H2,1H3;2*1H. The quantitative estimate of drug-likeness (QED) is 0.789. The van der Waals surface area contributed by atoms with Crippen LogP contribution in [0.25, 0.3) is 0 Å². The van der Waals surface area contributed by atoms with Gasteiger partial charge in [-0.2, -0.15) is 13.2 Å². The number of carbonyl (C=O) groups excluding carboxylic acids is 1. The molecule has 2 unspecified atom stereocenters. The molecule has 2 N–H and O–H groups in total. The van der Waals surface area contributed by atoms with Crippen LogP contribution in [0.3, 0.4) is 0 Å². The molecule has 2 aliphatic rings. The zero-order chi connectivity index (χ0) is 16.3. The number of carbonyl (C=O) groups is 1. The van der Waals surface area contributed by atoms with E-state index < -0.39 is 18.3 Å². The third-order valence-corrected chi connectivity index (χ3v) is 4.71. The van der Waals surface area contributed by atoms with E-state index in [0.717, 1.165) is 19.8 Å². The van der Waals surface area contributed by atoms with Gasteiger partial charge < -0.3 is 15.4 Å². The number of nitrogens with two attached hydrogens (primary N) is 1. The van der Waals surface area contributed by atoms with Crippen LogP contribution in [-0.2, 0) is 9.53 Å². The molecule has 0 radical (unpaired) electrons. The second-order valence-corrected chi connectivity index (χ2v) is 6.05. The maximum absolute atomic E-state index is 12.7. The first kappa shape index (κ1) is 23.7. The minimum absolute atomic E-state index is 0. The summed E-state index contributed by atoms with van der Waals surface area (Å²) in [5, 5.41) is 0. The van der Waals surface area contributed by atoms with E-state index >= 15 is 0 Å². The summed E-state index contributed by atoms with van der Waals surface area (Å²) < 4.78 is 43.4. The zero-order valence-corrected chi connectivity index (χ0v) is 15.3. The van der Waals surface area contributed by atoms with Gasteiger partial charge >= 0.3 is 6.18 Å². The van der Waals surface area contributed by atoms with Crippen molar-refractivity contribution >= 4 is 30.7 Å². The van der Waals surface area contributed by atoms with Crippen molar-refractivity contribution in [1.82, 2.24) is 9.80 Å². The van der Waals surface area contributed by atoms with Crippen LogP contribution < -0.4 is 5.73 Å². The van der Waals surface area contributed by atoms with Crippen LogP contribution in [0.15, 0.2) is 0 Å². The van der Waals surface area contributed by atoms with Crippen molar-refractivity contribution in [1.29, 1.82) is 0 Å². The normalized spacial score (nSPS) is 23.0. The number of halogens is 5. The van der Waals surface area contributed by atoms with Crippen molar-refractivity contribution in [3.05, 3.63) is 0 Å². The van der Waals surface area contributed by atoms with Crippen molar-refractivity contribution < 1.29 is 22.7 Å². The summed E-state index contributed by atoms with van der Waals surface area (Å²) in [5.41, 5.74) is 6.05. The van der Waals surface area contributed by atoms with Gasteiger partial charge in [-0.1, -0.05) is 0 Å². The molecule has 0 aromatic heterocycles. The molecule has 0 bridgehead atoms. The highest BCUT2D eigenvalue weighted by Crippen LogP contribution is 2.25. The molecule has 2 rings (SSSR count). The topological polar surface area (TPSA) is 58.8 Å². The van der Waals surface area contributed by atoms with E-state index in [1.54, 1.807) is 4.90 Å². The average molecular weight is 396 g/mol. The number of hydrogen-bond acceptors (Lipinski definition) is 4. The molecule has 2 saturated heterocycles. The van der Waals surface area contributed by atoms with Gasteiger partial charge in [0.15, 0.2) is 0 Å². The molecule has 0 aromatic carbocycles. The predicted octanol–water partition coefficient (Wildman–Crippen LogP) is 1.68. The van der Waals surface area contributed by atoms with Gasteiger partial charge in [0.25, 0.3) is 0 Å². The molecule has 2 atom stereocenters. The summed E-state index contributed by atoms with van der Waals surface area (Å²) in [6.07, 6.45) is -2.71. The van der Waals surface area contributed by atoms with E-state index in [4.69, 9.17) is 10.5 Å². The maximum Gasteiger partial charge on any atom is 0.403 e. The summed E-state index contributed by atoms with van der Waals surface area (Å²) in [5.74, 6) is -0.0420. The lowest BCUT2D eigenvalue weighted by molar-refractivity contribution is -0.183. The summed E-state index contributed by atoms with van der Waals surface area (Å²) in [4.78, 5) is 15.4. The summed E-state index contributed by atoms with van der Waals surface area (Å²) in [6.45, 7) is 3.45. The molecule has 0 spiro atoms. The second kappa shape index (κ2) is 10.0. The number of rotatable bonds is 3. The van der Waals surface area contributed by atoms with Crippen LogP contribution in [0.5, 0.6) is 0 Å². The Labute approximate surface area is 152 Å². The van der Waals surface area contributed by atoms with Crippen molar-refractivity contribution in [2.75, 3.05) is 39.4 Å². The van der Waals surface area contributed by atoms with Crippen molar-refractivity contribution in [2.45, 2.75) is 38.0 Å². The van der Waals surface area contributed by atoms with Gasteiger partial charge in [0.05, 0.1) is 6.04 Å². The van der Waals surface area contributed by atoms with Gasteiger partial charge in [-0.05, 0) is 25.7 Å². The van der Waals surface area contributed by atoms with Crippen molar-refractivity contribution in [3.63, 3.8) is 0 Å². The van der Waals surface area contributed by atoms with E-state index in [-0.39, 0.29) is 49.7 Å². The highest BCUT2D eigenvalue weighted by molar-refractivity contribution is 5.85. The average Bonchev–Trinajstić information content (AvgIpc) is 2.53. The van der Waals surface area contributed by atoms with E-state index in [0.29, 0.717) is 26.3 Å². The van der Waals surface area contributed by atoms with Crippen LogP contribution in [0, 0.1) is 5.92 Å². The van der Waals surface area contributed by atoms with Crippen LogP contribution in [-0.4, -0.2) is 73.4 Å². The van der Waals surface area contributed by atoms with Gasteiger partial charge in [-0.15, -0.1) is 24.8 Å². The molecule has 10 heteroatoms. The second-order valence-electron chi connectivity index (χ2n) is 6.05. The molecular formula is C14H26Cl2F3N3O2. The Morgan fingerprint density at radius 2 is 1.62 bits per heavy atom. The zero-order valence-electron chi connectivity index (χ0n) is 13.6. The van der Waals surface area contributed by atoms with Crippen LogP contribution in [0.2, 0.25) is 0 Å². The molecule has 2 heterocycles. The SMILES string of the molecule is CC(N1CCN(C(=O)C(N)C2CCOCC2)CC1)C(F)(F)F.Cl.Cl. The summed E-state index contributed by atoms with van der Waals surface area (Å²) in [6, 6.07) is -2.05. The van der Waals surface area contributed by atoms with E-state index in [1.807, 2.05) is 0 Å². The minimum Gasteiger partial charge on any atom is -0.381 e. The molecule has 5 nitrogen and oxygen atoms in total. The number of amides is 1. The number of alkyl halides is 3. The monoisotopic (exact) mass is 395 g/mol. The van der Waals surface area contributed by atoms with Crippen molar-refractivity contribution in [2.24, 2.45) is 11.7 Å². The van der Waals surface area contributed by atoms with E-state index in [1.165, 1.54) is 4.90 Å². The smallest absolute Gasteiger partial charge is 0.381 e. The third-order valence-electron chi connectivity index (χ3n) is 4.71. The number of ether oxygens (including phenoxy) is 1. The van der Waals surface area contributed by atoms with Crippen molar-refractivity contribution in [3.8, 4) is 0 Å². The fraction of sp³-hybridized carbons (Fsp3) is 0.929. The Morgan fingerprint density at radius 1 is 1.12 bits per heavy atom. The van der Waals surface area contributed by atoms with Gasteiger partial charge in [-0.25, -0.2) is 0 Å². The first-order valence-corrected chi connectivity index (χ1v) is 7.73. The molecule has 1 amide bonds. The Kier molecular flexibility index (Phi) is 9.89. The highest BCUT2D eigenvalue weighted by atomic mass is 35.5. The first-order valence-electron chi connectivity index (χ1n) is 7.73. The Balaban J connectivity index is 0.00000264. The van der Waals surface area contributed by atoms with Gasteiger partial charge in [0.2, 0.25) is 5.91 Å². The fourth-order valence-electron chi connectivity index (χ4n) is 3.02. The predicted molar refractivity (Wildman–Crippen MR) is 89.7 cm³/mol. The Hall–Kier alpha value is -0.280. The molecule has 2 aliphatic heterocycles. The molecule has 2 fully saturated rings. The lowest BCUT2D eigenvalue weighted by Crippen LogP contribution is -2.58. The van der Waals surface area contributed by atoms with Gasteiger partial charge in [0.1, 0.15) is 6.04 Å². The number of nitrogens with zero attached hydrogens (tertiary/aromatic N) is 2. The minimum atomic E-state index is -4.23. The summed E-state index contributed by atoms with van der Waals surface area (Å²) in [7, 11) is 0. The lowest BCUT2D eigenvalue weighted by atomic mass is 9.91. The molecule has 0 saturated carbocycles. The largest absolute Gasteiger partial charge is 0.403 e. The highest BCUT2D eigenvalue weighted by Gasteiger charge is 2.41. The molecular weight excluding hydrogens is 370 g/mol. The summed E-state index contributed by atoms with van der Waals surface area (Å²) >= 11 is 0. The van der Waals surface area contributed by atoms with E-state index in [9.17, 15) is 18.0 Å². The molecule has 24 heavy (non-hydrogen) atoms. The van der Waals surface area contributed by atoms with E-state index in [2.05, 4.69) is 0 Å². The molecule has 0 aromatic rings. The third kappa shape index (κ3) is 5.91. The lowest BCUT2D eigenvalue weighted by Gasteiger charge is -2.40. The van der Waals surface area contributed by atoms with Gasteiger partial charge in [-0.3, -0.25) is 9.69 Å². The Morgan fingerprint density at radius 3 is 2.08 bits per heavy atom. The van der Waals surface area contributed by atoms with Crippen LogP contribution >= 0.6 is 24.8 Å². The Bertz CT molecular complexity index is 388. The number of hydrogen-bond donors (Lipinski definition) is 1. The maximum atomic E-state index is 12.7.